The number of benzene rings is 2. The minimum atomic E-state index is -2.60. The van der Waals surface area contributed by atoms with Gasteiger partial charge in [-0.05, 0) is 67.7 Å². The lowest BCUT2D eigenvalue weighted by Crippen LogP contribution is -2.58. The number of hydrogen-bond acceptors (Lipinski definition) is 9. The van der Waals surface area contributed by atoms with Crippen LogP contribution in [0.25, 0.3) is 10.2 Å². The van der Waals surface area contributed by atoms with Crippen LogP contribution in [0.5, 0.6) is 0 Å². The van der Waals surface area contributed by atoms with Crippen LogP contribution in [-0.2, 0) is 48.0 Å². The molecule has 0 bridgehead atoms. The third-order valence-corrected chi connectivity index (χ3v) is 10.5. The number of carbonyl (C=O) groups excluding carboxylic acids is 3. The summed E-state index contributed by atoms with van der Waals surface area (Å²) in [5.74, 6) is -1.32. The number of likely N-dealkylation sites (tertiary alicyclic amines) is 1. The molecule has 5 rings (SSSR count). The highest BCUT2D eigenvalue weighted by atomic mass is 32.2. The van der Waals surface area contributed by atoms with E-state index >= 15 is 0 Å². The van der Waals surface area contributed by atoms with Crippen molar-refractivity contribution in [3.05, 3.63) is 53.0 Å². The molecular weight excluding hydrogens is 629 g/mol. The molecule has 2 aliphatic heterocycles. The van der Waals surface area contributed by atoms with Gasteiger partial charge in [0, 0.05) is 26.4 Å². The van der Waals surface area contributed by atoms with Crippen LogP contribution in [0.4, 0.5) is 11.4 Å². The highest BCUT2D eigenvalue weighted by molar-refractivity contribution is 7.80. The van der Waals surface area contributed by atoms with E-state index in [2.05, 4.69) is 19.2 Å². The lowest BCUT2D eigenvalue weighted by molar-refractivity contribution is -0.158. The van der Waals surface area contributed by atoms with Gasteiger partial charge < -0.3 is 19.7 Å². The van der Waals surface area contributed by atoms with Gasteiger partial charge in [0.25, 0.3) is 11.3 Å². The topological polar surface area (TPSA) is 138 Å². The van der Waals surface area contributed by atoms with Gasteiger partial charge in [-0.25, -0.2) is 14.0 Å². The Kier molecular flexibility index (Phi) is 10.6. The lowest BCUT2D eigenvalue weighted by atomic mass is 9.82. The second kappa shape index (κ2) is 14.5. The number of piperidine rings is 1. The smallest absolute Gasteiger partial charge is 0.328 e. The SMILES string of the molecule is CCOC(=O)C1CC(CCOC(C)=O)CCN1C(=O)C(Cc1nc2ccccc2s1)N(c1cccc2c1NCC(C)(C)C2)S(=O)O. The van der Waals surface area contributed by atoms with Crippen molar-refractivity contribution in [1.29, 1.82) is 0 Å². The predicted octanol–water partition coefficient (Wildman–Crippen LogP) is 4.97. The molecule has 1 aromatic heterocycles. The number of hydrogen-bond donors (Lipinski definition) is 2. The molecule has 0 aliphatic carbocycles. The van der Waals surface area contributed by atoms with Crippen molar-refractivity contribution < 1.29 is 32.6 Å². The minimum Gasteiger partial charge on any atom is -0.466 e. The summed E-state index contributed by atoms with van der Waals surface area (Å²) in [4.78, 5) is 45.7. The van der Waals surface area contributed by atoms with Gasteiger partial charge in [-0.3, -0.25) is 18.4 Å². The molecule has 3 heterocycles. The van der Waals surface area contributed by atoms with Crippen LogP contribution in [0.1, 0.15) is 57.5 Å². The number of amides is 1. The van der Waals surface area contributed by atoms with Crippen molar-refractivity contribution in [3.63, 3.8) is 0 Å². The zero-order chi connectivity index (χ0) is 33.0. The maximum atomic E-state index is 14.8. The predicted molar refractivity (Wildman–Crippen MR) is 179 cm³/mol. The zero-order valence-electron chi connectivity index (χ0n) is 26.7. The molecule has 3 aromatic rings. The summed E-state index contributed by atoms with van der Waals surface area (Å²) in [5.41, 5.74) is 2.92. The molecule has 4 atom stereocenters. The van der Waals surface area contributed by atoms with Crippen LogP contribution in [-0.4, -0.2) is 74.9 Å². The van der Waals surface area contributed by atoms with Crippen molar-refractivity contribution in [3.8, 4) is 0 Å². The Morgan fingerprint density at radius 3 is 2.70 bits per heavy atom. The second-order valence-electron chi connectivity index (χ2n) is 12.7. The monoisotopic (exact) mass is 670 g/mol. The third kappa shape index (κ3) is 7.69. The summed E-state index contributed by atoms with van der Waals surface area (Å²) in [6.45, 7) is 8.65. The van der Waals surface area contributed by atoms with Crippen molar-refractivity contribution in [2.45, 2.75) is 71.9 Å². The molecule has 1 amide bonds. The fourth-order valence-electron chi connectivity index (χ4n) is 6.42. The number of fused-ring (bicyclic) bond motifs is 2. The van der Waals surface area contributed by atoms with E-state index in [0.717, 1.165) is 27.9 Å². The highest BCUT2D eigenvalue weighted by Gasteiger charge is 2.43. The number of aromatic nitrogens is 1. The molecular formula is C33H42N4O7S2. The van der Waals surface area contributed by atoms with Crippen LogP contribution < -0.4 is 9.62 Å². The average Bonchev–Trinajstić information content (AvgIpc) is 3.42. The van der Waals surface area contributed by atoms with E-state index in [1.54, 1.807) is 13.0 Å². The zero-order valence-corrected chi connectivity index (χ0v) is 28.3. The first kappa shape index (κ1) is 33.8. The first-order valence-corrected chi connectivity index (χ1v) is 17.6. The first-order valence-electron chi connectivity index (χ1n) is 15.7. The molecule has 1 saturated heterocycles. The number of para-hydroxylation sites is 2. The lowest BCUT2D eigenvalue weighted by Gasteiger charge is -2.42. The van der Waals surface area contributed by atoms with Crippen molar-refractivity contribution in [2.24, 2.45) is 11.3 Å². The Balaban J connectivity index is 1.53. The maximum absolute atomic E-state index is 14.8. The van der Waals surface area contributed by atoms with Gasteiger partial charge in [0.2, 0.25) is 5.91 Å². The Labute approximate surface area is 276 Å². The van der Waals surface area contributed by atoms with Crippen LogP contribution in [0, 0.1) is 11.3 Å². The molecule has 1 fully saturated rings. The fraction of sp³-hybridized carbons (Fsp3) is 0.515. The highest BCUT2D eigenvalue weighted by Crippen LogP contribution is 2.40. The number of thiazole rings is 1. The summed E-state index contributed by atoms with van der Waals surface area (Å²) in [6.07, 6.45) is 2.28. The molecule has 11 nitrogen and oxygen atoms in total. The Morgan fingerprint density at radius 1 is 1.20 bits per heavy atom. The number of nitrogens with zero attached hydrogens (tertiary/aromatic N) is 3. The largest absolute Gasteiger partial charge is 0.466 e. The van der Waals surface area contributed by atoms with E-state index in [1.165, 1.54) is 27.5 Å². The van der Waals surface area contributed by atoms with Gasteiger partial charge in [-0.2, -0.15) is 0 Å². The molecule has 2 aromatic carbocycles. The normalized spacial score (nSPS) is 20.2. The average molecular weight is 671 g/mol. The number of rotatable bonds is 11. The van der Waals surface area contributed by atoms with Crippen LogP contribution in [0.3, 0.4) is 0 Å². The van der Waals surface area contributed by atoms with E-state index in [0.29, 0.717) is 36.5 Å². The summed E-state index contributed by atoms with van der Waals surface area (Å²) in [5, 5.41) is 4.09. The number of carbonyl (C=O) groups is 3. The van der Waals surface area contributed by atoms with Crippen molar-refractivity contribution in [2.75, 3.05) is 35.9 Å². The van der Waals surface area contributed by atoms with Crippen LogP contribution >= 0.6 is 11.3 Å². The number of nitrogens with one attached hydrogen (secondary N) is 1. The summed E-state index contributed by atoms with van der Waals surface area (Å²) in [7, 11) is 0. The van der Waals surface area contributed by atoms with Gasteiger partial charge in [0.05, 0.1) is 39.8 Å². The van der Waals surface area contributed by atoms with Crippen molar-refractivity contribution in [1.82, 2.24) is 9.88 Å². The van der Waals surface area contributed by atoms with E-state index in [-0.39, 0.29) is 43.5 Å². The molecule has 46 heavy (non-hydrogen) atoms. The minimum absolute atomic E-state index is 0.0162. The molecule has 2 N–H and O–H groups in total. The number of anilines is 2. The standard InChI is InChI=1S/C33H42N4O7S2/c1-5-43-32(40)27-17-22(14-16-44-21(2)38)13-15-36(27)31(39)26(18-29-35-24-10-6-7-12-28(24)45-29)37(46(41)42)25-11-8-9-23-19-33(3,4)20-34-30(23)25/h6-12,22,26-27,34H,5,13-20H2,1-4H3,(H,41,42). The number of esters is 2. The van der Waals surface area contributed by atoms with E-state index in [1.807, 2.05) is 36.4 Å². The second-order valence-corrected chi connectivity index (χ2v) is 14.6. The Bertz CT molecular complexity index is 1580. The molecule has 0 saturated carbocycles. The third-order valence-electron chi connectivity index (χ3n) is 8.61. The summed E-state index contributed by atoms with van der Waals surface area (Å²) in [6, 6.07) is 11.2. The summed E-state index contributed by atoms with van der Waals surface area (Å²) >= 11 is -1.17. The maximum Gasteiger partial charge on any atom is 0.328 e. The molecule has 2 aliphatic rings. The van der Waals surface area contributed by atoms with Gasteiger partial charge in [-0.1, -0.05) is 38.1 Å². The number of ether oxygens (including phenoxy) is 2. The molecule has 0 radical (unpaired) electrons. The van der Waals surface area contributed by atoms with Crippen LogP contribution in [0.2, 0.25) is 0 Å². The van der Waals surface area contributed by atoms with E-state index in [4.69, 9.17) is 14.5 Å². The van der Waals surface area contributed by atoms with E-state index < -0.39 is 35.2 Å². The molecule has 13 heteroatoms. The van der Waals surface area contributed by atoms with Gasteiger partial charge in [0.15, 0.2) is 0 Å². The summed E-state index contributed by atoms with van der Waals surface area (Å²) < 4.78 is 37.0. The van der Waals surface area contributed by atoms with Crippen molar-refractivity contribution >= 4 is 62.0 Å². The first-order chi connectivity index (χ1) is 22.0. The fourth-order valence-corrected chi connectivity index (χ4v) is 8.13. The molecule has 4 unspecified atom stereocenters. The molecule has 0 spiro atoms. The van der Waals surface area contributed by atoms with Crippen LogP contribution in [0.15, 0.2) is 42.5 Å². The van der Waals surface area contributed by atoms with Gasteiger partial charge in [-0.15, -0.1) is 11.3 Å². The Morgan fingerprint density at radius 2 is 1.98 bits per heavy atom. The van der Waals surface area contributed by atoms with E-state index in [9.17, 15) is 23.1 Å². The van der Waals surface area contributed by atoms with Gasteiger partial charge >= 0.3 is 11.9 Å². The molecule has 248 valence electrons. The van der Waals surface area contributed by atoms with Gasteiger partial charge in [0.1, 0.15) is 12.1 Å². The quantitative estimate of drug-likeness (QED) is 0.214. The Hall–Kier alpha value is -3.55.